The lowest BCUT2D eigenvalue weighted by atomic mass is 10.00. The summed E-state index contributed by atoms with van der Waals surface area (Å²) in [5.74, 6) is 0. The molecule has 0 unspecified atom stereocenters. The number of unbranched alkanes of at least 4 members (excludes halogenated alkanes) is 1. The SMILES string of the molecule is CCC/C=C(/CCC)Cc1ccccc1. The molecule has 0 heterocycles. The zero-order valence-electron chi connectivity index (χ0n) is 10.00. The highest BCUT2D eigenvalue weighted by Gasteiger charge is 1.97. The van der Waals surface area contributed by atoms with Crippen molar-refractivity contribution in [1.29, 1.82) is 0 Å². The van der Waals surface area contributed by atoms with Crippen molar-refractivity contribution < 1.29 is 0 Å². The molecule has 1 rings (SSSR count). The van der Waals surface area contributed by atoms with E-state index in [1.807, 2.05) is 0 Å². The van der Waals surface area contributed by atoms with Crippen LogP contribution in [-0.2, 0) is 6.42 Å². The van der Waals surface area contributed by atoms with E-state index in [4.69, 9.17) is 0 Å². The molecule has 1 aromatic carbocycles. The van der Waals surface area contributed by atoms with Crippen molar-refractivity contribution in [2.75, 3.05) is 0 Å². The quantitative estimate of drug-likeness (QED) is 0.584. The van der Waals surface area contributed by atoms with E-state index in [1.54, 1.807) is 5.57 Å². The van der Waals surface area contributed by atoms with E-state index in [1.165, 1.54) is 31.2 Å². The molecule has 0 radical (unpaired) electrons. The van der Waals surface area contributed by atoms with Crippen LogP contribution in [0.25, 0.3) is 0 Å². The molecule has 0 aliphatic rings. The number of allylic oxidation sites excluding steroid dienone is 2. The van der Waals surface area contributed by atoms with Crippen LogP contribution in [0.2, 0.25) is 0 Å². The van der Waals surface area contributed by atoms with Gasteiger partial charge in [-0.05, 0) is 24.8 Å². The second-order valence-electron chi connectivity index (χ2n) is 4.06. The highest BCUT2D eigenvalue weighted by molar-refractivity contribution is 5.21. The Morgan fingerprint density at radius 3 is 2.40 bits per heavy atom. The van der Waals surface area contributed by atoms with E-state index in [-0.39, 0.29) is 0 Å². The number of hydrogen-bond donors (Lipinski definition) is 0. The summed E-state index contributed by atoms with van der Waals surface area (Å²) in [4.78, 5) is 0. The molecule has 0 spiro atoms. The average Bonchev–Trinajstić information content (AvgIpc) is 2.28. The van der Waals surface area contributed by atoms with Crippen LogP contribution < -0.4 is 0 Å². The van der Waals surface area contributed by atoms with Crippen LogP contribution in [0.4, 0.5) is 0 Å². The molecule has 1 aromatic rings. The molecule has 0 heteroatoms. The first kappa shape index (κ1) is 12.0. The summed E-state index contributed by atoms with van der Waals surface area (Å²) in [6.45, 7) is 4.49. The molecule has 0 nitrogen and oxygen atoms in total. The zero-order valence-corrected chi connectivity index (χ0v) is 10.00. The third-order valence-electron chi connectivity index (χ3n) is 2.57. The fourth-order valence-corrected chi connectivity index (χ4v) is 1.79. The van der Waals surface area contributed by atoms with E-state index in [9.17, 15) is 0 Å². The van der Waals surface area contributed by atoms with Gasteiger partial charge in [0.05, 0.1) is 0 Å². The van der Waals surface area contributed by atoms with Gasteiger partial charge in [-0.1, -0.05) is 68.7 Å². The Hall–Kier alpha value is -1.04. The van der Waals surface area contributed by atoms with Crippen LogP contribution in [-0.4, -0.2) is 0 Å². The summed E-state index contributed by atoms with van der Waals surface area (Å²) >= 11 is 0. The minimum absolute atomic E-state index is 1.13. The fourth-order valence-electron chi connectivity index (χ4n) is 1.79. The van der Waals surface area contributed by atoms with Crippen LogP contribution in [0.5, 0.6) is 0 Å². The third kappa shape index (κ3) is 4.83. The summed E-state index contributed by atoms with van der Waals surface area (Å²) in [6.07, 6.45) is 8.53. The summed E-state index contributed by atoms with van der Waals surface area (Å²) in [6, 6.07) is 10.8. The van der Waals surface area contributed by atoms with Crippen molar-refractivity contribution in [2.24, 2.45) is 0 Å². The lowest BCUT2D eigenvalue weighted by Gasteiger charge is -2.06. The number of hydrogen-bond acceptors (Lipinski definition) is 0. The number of benzene rings is 1. The Labute approximate surface area is 94.0 Å². The predicted molar refractivity (Wildman–Crippen MR) is 68.0 cm³/mol. The zero-order chi connectivity index (χ0) is 10.9. The Morgan fingerprint density at radius 2 is 1.80 bits per heavy atom. The van der Waals surface area contributed by atoms with Crippen LogP contribution in [0.15, 0.2) is 42.0 Å². The summed E-state index contributed by atoms with van der Waals surface area (Å²) in [5, 5.41) is 0. The molecule has 0 amide bonds. The van der Waals surface area contributed by atoms with Gasteiger partial charge >= 0.3 is 0 Å². The summed E-state index contributed by atoms with van der Waals surface area (Å²) in [5.41, 5.74) is 3.04. The molecule has 0 atom stereocenters. The average molecular weight is 202 g/mol. The Balaban J connectivity index is 2.58. The van der Waals surface area contributed by atoms with Gasteiger partial charge in [-0.25, -0.2) is 0 Å². The summed E-state index contributed by atoms with van der Waals surface area (Å²) < 4.78 is 0. The second kappa shape index (κ2) is 7.28. The van der Waals surface area contributed by atoms with Gasteiger partial charge in [-0.3, -0.25) is 0 Å². The minimum Gasteiger partial charge on any atom is -0.0850 e. The lowest BCUT2D eigenvalue weighted by molar-refractivity contribution is 0.846. The second-order valence-corrected chi connectivity index (χ2v) is 4.06. The largest absolute Gasteiger partial charge is 0.0850 e. The van der Waals surface area contributed by atoms with Crippen LogP contribution in [0.3, 0.4) is 0 Å². The highest BCUT2D eigenvalue weighted by Crippen LogP contribution is 2.14. The molecule has 0 aromatic heterocycles. The van der Waals surface area contributed by atoms with Gasteiger partial charge in [0.15, 0.2) is 0 Å². The lowest BCUT2D eigenvalue weighted by Crippen LogP contribution is -1.90. The third-order valence-corrected chi connectivity index (χ3v) is 2.57. The van der Waals surface area contributed by atoms with E-state index in [0.29, 0.717) is 0 Å². The van der Waals surface area contributed by atoms with Gasteiger partial charge in [0.25, 0.3) is 0 Å². The fraction of sp³-hybridized carbons (Fsp3) is 0.467. The van der Waals surface area contributed by atoms with Gasteiger partial charge in [0.2, 0.25) is 0 Å². The first-order valence-electron chi connectivity index (χ1n) is 6.08. The Bertz CT molecular complexity index is 282. The maximum absolute atomic E-state index is 2.43. The molecular weight excluding hydrogens is 180 g/mol. The molecule has 0 fully saturated rings. The van der Waals surface area contributed by atoms with Crippen molar-refractivity contribution in [2.45, 2.75) is 46.0 Å². The van der Waals surface area contributed by atoms with Crippen molar-refractivity contribution in [3.05, 3.63) is 47.5 Å². The highest BCUT2D eigenvalue weighted by atomic mass is 14.0. The standard InChI is InChI=1S/C15H22/c1-3-5-10-14(9-4-2)13-15-11-7-6-8-12-15/h6-8,10-12H,3-5,9,13H2,1-2H3/b14-10-. The maximum Gasteiger partial charge on any atom is -0.00671 e. The molecule has 0 bridgehead atoms. The molecule has 0 aliphatic carbocycles. The first-order valence-corrected chi connectivity index (χ1v) is 6.08. The Morgan fingerprint density at radius 1 is 1.07 bits per heavy atom. The van der Waals surface area contributed by atoms with Crippen LogP contribution in [0, 0.1) is 0 Å². The Kier molecular flexibility index (Phi) is 5.84. The molecule has 0 aliphatic heterocycles. The normalized spacial score (nSPS) is 11.7. The maximum atomic E-state index is 2.43. The molecular formula is C15H22. The van der Waals surface area contributed by atoms with Crippen molar-refractivity contribution in [1.82, 2.24) is 0 Å². The monoisotopic (exact) mass is 202 g/mol. The van der Waals surface area contributed by atoms with E-state index in [0.717, 1.165) is 6.42 Å². The topological polar surface area (TPSA) is 0 Å². The van der Waals surface area contributed by atoms with E-state index in [2.05, 4.69) is 50.3 Å². The van der Waals surface area contributed by atoms with Crippen LogP contribution >= 0.6 is 0 Å². The van der Waals surface area contributed by atoms with Crippen LogP contribution in [0.1, 0.15) is 45.1 Å². The minimum atomic E-state index is 1.13. The smallest absolute Gasteiger partial charge is 0.00671 e. The van der Waals surface area contributed by atoms with Gasteiger partial charge in [-0.2, -0.15) is 0 Å². The van der Waals surface area contributed by atoms with Gasteiger partial charge in [0, 0.05) is 0 Å². The molecule has 0 saturated carbocycles. The van der Waals surface area contributed by atoms with E-state index < -0.39 is 0 Å². The molecule has 0 saturated heterocycles. The first-order chi connectivity index (χ1) is 7.36. The molecule has 0 N–H and O–H groups in total. The van der Waals surface area contributed by atoms with Gasteiger partial charge in [0.1, 0.15) is 0 Å². The van der Waals surface area contributed by atoms with Crippen molar-refractivity contribution in [3.63, 3.8) is 0 Å². The summed E-state index contributed by atoms with van der Waals surface area (Å²) in [7, 11) is 0. The van der Waals surface area contributed by atoms with Gasteiger partial charge < -0.3 is 0 Å². The van der Waals surface area contributed by atoms with Crippen molar-refractivity contribution in [3.8, 4) is 0 Å². The predicted octanol–water partition coefficient (Wildman–Crippen LogP) is 4.76. The molecule has 15 heavy (non-hydrogen) atoms. The van der Waals surface area contributed by atoms with Crippen molar-refractivity contribution >= 4 is 0 Å². The van der Waals surface area contributed by atoms with Gasteiger partial charge in [-0.15, -0.1) is 0 Å². The van der Waals surface area contributed by atoms with E-state index >= 15 is 0 Å². The molecule has 82 valence electrons. The number of rotatable bonds is 6.